The van der Waals surface area contributed by atoms with Crippen molar-refractivity contribution in [3.05, 3.63) is 79.4 Å². The Hall–Kier alpha value is -5.01. The van der Waals surface area contributed by atoms with E-state index in [0.717, 1.165) is 11.4 Å². The maximum absolute atomic E-state index is 6.29. The fraction of sp³-hybridized carbons (Fsp3) is 0. The highest BCUT2D eigenvalue weighted by atomic mass is 32.1. The van der Waals surface area contributed by atoms with Crippen molar-refractivity contribution < 1.29 is 9.47 Å². The number of hydrogen-bond acceptors (Lipinski definition) is 11. The first kappa shape index (κ1) is 25.3. The molecule has 0 atom stereocenters. The molecule has 13 heteroatoms. The summed E-state index contributed by atoms with van der Waals surface area (Å²) >= 11 is 9.08. The van der Waals surface area contributed by atoms with E-state index in [1.54, 1.807) is 12.4 Å². The third-order valence-corrected chi connectivity index (χ3v) is 6.87. The van der Waals surface area contributed by atoms with E-state index in [2.05, 4.69) is 60.8 Å². The molecule has 2 aromatic heterocycles. The molecule has 4 heterocycles. The maximum Gasteiger partial charge on any atom is 0.232 e. The van der Waals surface area contributed by atoms with Gasteiger partial charge in [0.05, 0.1) is 20.9 Å². The summed E-state index contributed by atoms with van der Waals surface area (Å²) < 4.78 is 12.2. The molecule has 0 radical (unpaired) electrons. The molecule has 0 fully saturated rings. The lowest BCUT2D eigenvalue weighted by Gasteiger charge is -2.07. The highest BCUT2D eigenvalue weighted by Crippen LogP contribution is 2.44. The van der Waals surface area contributed by atoms with E-state index < -0.39 is 0 Å². The number of ether oxygens (including phenoxy) is 2. The standard InChI is InChI=1S/C27H23N9O2S2/c28-18-20(39)22(33-14-7-3-1-4-8-14)35-26(18)37-24-16-11-30-12-17(16)25(32-13-31-24)38-27-19(29)21(40)23(36-27)34-15-9-5-2-6-10-15/h1-13,33-36,39-40H,28-29H2. The number of nitrogens with one attached hydrogen (secondary N) is 4. The molecule has 2 aliphatic heterocycles. The van der Waals surface area contributed by atoms with E-state index in [-0.39, 0.29) is 23.5 Å². The summed E-state index contributed by atoms with van der Waals surface area (Å²) in [4.78, 5) is 20.2. The van der Waals surface area contributed by atoms with E-state index in [1.807, 2.05) is 60.7 Å². The lowest BCUT2D eigenvalue weighted by molar-refractivity contribution is 0.452. The molecule has 2 aromatic carbocycles. The average molecular weight is 570 g/mol. The first-order chi connectivity index (χ1) is 19.5. The summed E-state index contributed by atoms with van der Waals surface area (Å²) in [6, 6.07) is 19.2. The summed E-state index contributed by atoms with van der Waals surface area (Å²) in [5, 5.41) is 6.47. The van der Waals surface area contributed by atoms with Crippen molar-refractivity contribution in [2.75, 3.05) is 22.1 Å². The zero-order valence-corrected chi connectivity index (χ0v) is 22.5. The van der Waals surface area contributed by atoms with Crippen LogP contribution in [0.2, 0.25) is 0 Å². The van der Waals surface area contributed by atoms with Crippen LogP contribution >= 0.6 is 25.3 Å². The fourth-order valence-corrected chi connectivity index (χ4v) is 4.36. The van der Waals surface area contributed by atoms with Crippen LogP contribution in [-0.2, 0) is 0 Å². The average Bonchev–Trinajstić information content (AvgIpc) is 3.60. The van der Waals surface area contributed by atoms with Crippen molar-refractivity contribution in [1.82, 2.24) is 24.9 Å². The van der Waals surface area contributed by atoms with Crippen molar-refractivity contribution in [2.45, 2.75) is 9.79 Å². The fourth-order valence-electron chi connectivity index (χ4n) is 3.93. The number of rotatable bonds is 8. The number of hydrogen-bond donors (Lipinski definition) is 8. The predicted molar refractivity (Wildman–Crippen MR) is 161 cm³/mol. The quantitative estimate of drug-likeness (QED) is 0.0962. The van der Waals surface area contributed by atoms with Gasteiger partial charge in [-0.1, -0.05) is 36.4 Å². The predicted octanol–water partition coefficient (Wildman–Crippen LogP) is 6.45. The molecule has 0 saturated carbocycles. The molecule has 0 spiro atoms. The number of nitrogen functional groups attached to an aromatic ring is 2. The van der Waals surface area contributed by atoms with Crippen LogP contribution in [-0.4, -0.2) is 24.9 Å². The molecule has 0 bridgehead atoms. The van der Waals surface area contributed by atoms with Crippen LogP contribution < -0.4 is 31.6 Å². The van der Waals surface area contributed by atoms with Gasteiger partial charge in [-0.05, 0) is 24.3 Å². The lowest BCUT2D eigenvalue weighted by Crippen LogP contribution is -1.94. The van der Waals surface area contributed by atoms with Crippen LogP contribution in [0, 0.1) is 0 Å². The Bertz CT molecular complexity index is 1630. The Balaban J connectivity index is 1.26. The van der Waals surface area contributed by atoms with Gasteiger partial charge >= 0.3 is 0 Å². The molecule has 8 N–H and O–H groups in total. The molecule has 2 aliphatic rings. The Kier molecular flexibility index (Phi) is 6.72. The van der Waals surface area contributed by atoms with E-state index in [4.69, 9.17) is 20.9 Å². The first-order valence-electron chi connectivity index (χ1n) is 12.0. The zero-order chi connectivity index (χ0) is 27.6. The number of nitrogens with zero attached hydrogens (tertiary/aromatic N) is 3. The van der Waals surface area contributed by atoms with Gasteiger partial charge in [-0.3, -0.25) is 4.98 Å². The molecule has 11 nitrogen and oxygen atoms in total. The molecule has 0 aliphatic carbocycles. The van der Waals surface area contributed by atoms with Gasteiger partial charge < -0.3 is 41.5 Å². The molecular formula is C27H23N9O2S2. The second-order valence-electron chi connectivity index (χ2n) is 8.59. The molecule has 0 saturated heterocycles. The second kappa shape index (κ2) is 10.6. The molecular weight excluding hydrogens is 546 g/mol. The number of anilines is 6. The zero-order valence-electron chi connectivity index (χ0n) is 20.7. The van der Waals surface area contributed by atoms with Crippen molar-refractivity contribution in [3.8, 4) is 34.6 Å². The van der Waals surface area contributed by atoms with Gasteiger partial charge in [0.15, 0.2) is 0 Å². The van der Waals surface area contributed by atoms with Gasteiger partial charge in [0.2, 0.25) is 23.5 Å². The lowest BCUT2D eigenvalue weighted by atomic mass is 10.2. The molecule has 4 aromatic rings. The maximum atomic E-state index is 6.29. The van der Waals surface area contributed by atoms with Crippen LogP contribution in [0.15, 0.2) is 89.2 Å². The van der Waals surface area contributed by atoms with Gasteiger partial charge in [0, 0.05) is 23.8 Å². The van der Waals surface area contributed by atoms with Crippen LogP contribution in [0.3, 0.4) is 0 Å². The minimum Gasteiger partial charge on any atom is -0.420 e. The first-order valence-corrected chi connectivity index (χ1v) is 12.9. The SMILES string of the molecule is Nc1c(Oc2ncnc(Oc3[nH]c(Nc4ccccc4)c(S)c3N)c3cncc2-3)[nH]c(Nc2ccccc2)c1S. The van der Waals surface area contributed by atoms with Gasteiger partial charge in [-0.15, -0.1) is 25.3 Å². The largest absolute Gasteiger partial charge is 0.420 e. The van der Waals surface area contributed by atoms with Crippen LogP contribution in [0.4, 0.5) is 34.4 Å². The Morgan fingerprint density at radius 1 is 0.650 bits per heavy atom. The van der Waals surface area contributed by atoms with E-state index in [0.29, 0.717) is 43.9 Å². The molecule has 0 amide bonds. The van der Waals surface area contributed by atoms with E-state index in [9.17, 15) is 0 Å². The Morgan fingerprint density at radius 3 is 1.50 bits per heavy atom. The Labute approximate surface area is 239 Å². The number of aromatic amines is 2. The number of para-hydroxylation sites is 2. The van der Waals surface area contributed by atoms with E-state index >= 15 is 0 Å². The van der Waals surface area contributed by atoms with Crippen LogP contribution in [0.1, 0.15) is 0 Å². The summed E-state index contributed by atoms with van der Waals surface area (Å²) in [5.74, 6) is 2.09. The number of aromatic nitrogens is 5. The summed E-state index contributed by atoms with van der Waals surface area (Å²) in [6.45, 7) is 0. The van der Waals surface area contributed by atoms with Crippen molar-refractivity contribution in [2.24, 2.45) is 0 Å². The normalized spacial score (nSPS) is 10.9. The number of benzene rings is 2. The topological polar surface area (TPSA) is 165 Å². The summed E-state index contributed by atoms with van der Waals surface area (Å²) in [6.07, 6.45) is 4.51. The van der Waals surface area contributed by atoms with E-state index in [1.165, 1.54) is 6.33 Å². The molecule has 6 rings (SSSR count). The summed E-state index contributed by atoms with van der Waals surface area (Å²) in [5.41, 5.74) is 16.0. The minimum absolute atomic E-state index is 0.211. The highest BCUT2D eigenvalue weighted by Gasteiger charge is 2.23. The molecule has 0 unspecified atom stereocenters. The number of H-pyrrole nitrogens is 2. The van der Waals surface area contributed by atoms with Crippen LogP contribution in [0.25, 0.3) is 11.1 Å². The monoisotopic (exact) mass is 569 g/mol. The number of thiol groups is 2. The van der Waals surface area contributed by atoms with Crippen molar-refractivity contribution in [3.63, 3.8) is 0 Å². The van der Waals surface area contributed by atoms with Crippen molar-refractivity contribution in [1.29, 1.82) is 0 Å². The minimum atomic E-state index is 0.211. The third kappa shape index (κ3) is 4.90. The molecule has 40 heavy (non-hydrogen) atoms. The second-order valence-corrected chi connectivity index (χ2v) is 9.48. The van der Waals surface area contributed by atoms with Crippen LogP contribution in [0.5, 0.6) is 23.5 Å². The number of nitrogens with two attached hydrogens (primary N) is 2. The van der Waals surface area contributed by atoms with Gasteiger partial charge in [0.1, 0.15) is 29.3 Å². The van der Waals surface area contributed by atoms with Gasteiger partial charge in [-0.2, -0.15) is 0 Å². The van der Waals surface area contributed by atoms with Crippen molar-refractivity contribution >= 4 is 59.6 Å². The molecule has 200 valence electrons. The highest BCUT2D eigenvalue weighted by molar-refractivity contribution is 7.80. The Morgan fingerprint density at radius 2 is 1.07 bits per heavy atom. The summed E-state index contributed by atoms with van der Waals surface area (Å²) in [7, 11) is 0. The smallest absolute Gasteiger partial charge is 0.232 e. The van der Waals surface area contributed by atoms with Gasteiger partial charge in [-0.25, -0.2) is 9.97 Å². The number of fused-ring (bicyclic) bond motifs is 1. The third-order valence-electron chi connectivity index (χ3n) is 5.94. The van der Waals surface area contributed by atoms with Gasteiger partial charge in [0.25, 0.3) is 0 Å².